The number of hydrogen-bond donors (Lipinski definition) is 1. The first-order valence-corrected chi connectivity index (χ1v) is 6.95. The molecular formula is C16H27N. The van der Waals surface area contributed by atoms with Crippen molar-refractivity contribution in [3.63, 3.8) is 0 Å². The predicted octanol–water partition coefficient (Wildman–Crippen LogP) is 4.13. The first-order valence-electron chi connectivity index (χ1n) is 6.95. The van der Waals surface area contributed by atoms with Gasteiger partial charge in [-0.15, -0.1) is 0 Å². The van der Waals surface area contributed by atoms with Gasteiger partial charge >= 0.3 is 0 Å². The Balaban J connectivity index is 2.32. The van der Waals surface area contributed by atoms with Crippen molar-refractivity contribution < 1.29 is 0 Å². The van der Waals surface area contributed by atoms with Crippen LogP contribution >= 0.6 is 0 Å². The van der Waals surface area contributed by atoms with Gasteiger partial charge in [-0.1, -0.05) is 45.0 Å². The van der Waals surface area contributed by atoms with Gasteiger partial charge < -0.3 is 5.32 Å². The van der Waals surface area contributed by atoms with E-state index >= 15 is 0 Å². The van der Waals surface area contributed by atoms with Gasteiger partial charge in [0.05, 0.1) is 0 Å². The van der Waals surface area contributed by atoms with Crippen LogP contribution in [0.1, 0.15) is 57.6 Å². The number of benzene rings is 1. The molecule has 0 aromatic heterocycles. The largest absolute Gasteiger partial charge is 0.315 e. The van der Waals surface area contributed by atoms with Gasteiger partial charge in [-0.3, -0.25) is 0 Å². The minimum absolute atomic E-state index is 0.637. The van der Waals surface area contributed by atoms with Gasteiger partial charge in [0.25, 0.3) is 0 Å². The Morgan fingerprint density at radius 2 is 1.71 bits per heavy atom. The van der Waals surface area contributed by atoms with Crippen molar-refractivity contribution in [2.45, 2.75) is 58.9 Å². The number of rotatable bonds is 7. The van der Waals surface area contributed by atoms with Crippen LogP contribution in [0.15, 0.2) is 24.3 Å². The summed E-state index contributed by atoms with van der Waals surface area (Å²) in [7, 11) is 0. The molecule has 0 bridgehead atoms. The predicted molar refractivity (Wildman–Crippen MR) is 76.6 cm³/mol. The summed E-state index contributed by atoms with van der Waals surface area (Å²) in [6.07, 6.45) is 3.74. The highest BCUT2D eigenvalue weighted by molar-refractivity contribution is 5.24. The third kappa shape index (κ3) is 5.36. The van der Waals surface area contributed by atoms with Crippen molar-refractivity contribution in [2.24, 2.45) is 0 Å². The molecule has 0 aliphatic carbocycles. The van der Waals surface area contributed by atoms with Crippen LogP contribution in [0.5, 0.6) is 0 Å². The van der Waals surface area contributed by atoms with Crippen LogP contribution in [0.25, 0.3) is 0 Å². The second-order valence-corrected chi connectivity index (χ2v) is 5.25. The molecule has 0 fully saturated rings. The molecule has 0 aliphatic heterocycles. The van der Waals surface area contributed by atoms with Crippen LogP contribution in [-0.2, 0) is 6.42 Å². The fourth-order valence-electron chi connectivity index (χ4n) is 2.13. The molecule has 0 amide bonds. The highest BCUT2D eigenvalue weighted by atomic mass is 14.9. The first kappa shape index (κ1) is 14.2. The van der Waals surface area contributed by atoms with Crippen LogP contribution < -0.4 is 5.32 Å². The third-order valence-corrected chi connectivity index (χ3v) is 3.30. The summed E-state index contributed by atoms with van der Waals surface area (Å²) < 4.78 is 0. The van der Waals surface area contributed by atoms with Gasteiger partial charge in [-0.25, -0.2) is 0 Å². The molecule has 0 spiro atoms. The molecule has 0 saturated heterocycles. The fraction of sp³-hybridized carbons (Fsp3) is 0.625. The molecule has 1 nitrogen and oxygen atoms in total. The van der Waals surface area contributed by atoms with E-state index in [-0.39, 0.29) is 0 Å². The third-order valence-electron chi connectivity index (χ3n) is 3.30. The van der Waals surface area contributed by atoms with E-state index in [0.29, 0.717) is 12.0 Å². The van der Waals surface area contributed by atoms with Gasteiger partial charge in [-0.05, 0) is 49.8 Å². The van der Waals surface area contributed by atoms with Crippen molar-refractivity contribution in [3.8, 4) is 0 Å². The molecule has 1 N–H and O–H groups in total. The maximum atomic E-state index is 3.46. The van der Waals surface area contributed by atoms with E-state index in [9.17, 15) is 0 Å². The fourth-order valence-corrected chi connectivity index (χ4v) is 2.13. The summed E-state index contributed by atoms with van der Waals surface area (Å²) >= 11 is 0. The quantitative estimate of drug-likeness (QED) is 0.746. The number of aryl methyl sites for hydroxylation is 1. The average molecular weight is 233 g/mol. The second kappa shape index (κ2) is 7.50. The van der Waals surface area contributed by atoms with Crippen LogP contribution in [-0.4, -0.2) is 12.6 Å². The molecule has 1 aromatic rings. The topological polar surface area (TPSA) is 12.0 Å². The van der Waals surface area contributed by atoms with Crippen molar-refractivity contribution in [2.75, 3.05) is 6.54 Å². The standard InChI is InChI=1S/C16H27N/c1-5-17-14(4)7-6-8-15-9-11-16(12-10-15)13(2)3/h9-14,17H,5-8H2,1-4H3. The lowest BCUT2D eigenvalue weighted by atomic mass is 9.99. The lowest BCUT2D eigenvalue weighted by molar-refractivity contribution is 0.512. The Labute approximate surface area is 107 Å². The molecule has 1 aromatic carbocycles. The molecular weight excluding hydrogens is 206 g/mol. The van der Waals surface area contributed by atoms with Crippen LogP contribution in [0, 0.1) is 0 Å². The molecule has 0 radical (unpaired) electrons. The smallest absolute Gasteiger partial charge is 0.00387 e. The highest BCUT2D eigenvalue weighted by Crippen LogP contribution is 2.15. The minimum Gasteiger partial charge on any atom is -0.315 e. The van der Waals surface area contributed by atoms with E-state index in [4.69, 9.17) is 0 Å². The monoisotopic (exact) mass is 233 g/mol. The Bertz CT molecular complexity index is 300. The van der Waals surface area contributed by atoms with Gasteiger partial charge in [-0.2, -0.15) is 0 Å². The van der Waals surface area contributed by atoms with E-state index < -0.39 is 0 Å². The van der Waals surface area contributed by atoms with Gasteiger partial charge in [0.1, 0.15) is 0 Å². The summed E-state index contributed by atoms with van der Waals surface area (Å²) in [5.74, 6) is 0.637. The zero-order valence-corrected chi connectivity index (χ0v) is 11.8. The number of hydrogen-bond acceptors (Lipinski definition) is 1. The van der Waals surface area contributed by atoms with Gasteiger partial charge in [0.15, 0.2) is 0 Å². The second-order valence-electron chi connectivity index (χ2n) is 5.25. The SMILES string of the molecule is CCNC(C)CCCc1ccc(C(C)C)cc1. The van der Waals surface area contributed by atoms with Crippen molar-refractivity contribution >= 4 is 0 Å². The number of nitrogens with one attached hydrogen (secondary N) is 1. The molecule has 1 atom stereocenters. The van der Waals surface area contributed by atoms with Gasteiger partial charge in [0, 0.05) is 6.04 Å². The first-order chi connectivity index (χ1) is 8.13. The summed E-state index contributed by atoms with van der Waals surface area (Å²) in [6.45, 7) is 10.00. The van der Waals surface area contributed by atoms with E-state index in [1.54, 1.807) is 0 Å². The van der Waals surface area contributed by atoms with E-state index in [2.05, 4.69) is 57.3 Å². The lowest BCUT2D eigenvalue weighted by Crippen LogP contribution is -2.25. The summed E-state index contributed by atoms with van der Waals surface area (Å²) in [5.41, 5.74) is 2.91. The summed E-state index contributed by atoms with van der Waals surface area (Å²) in [6, 6.07) is 9.76. The van der Waals surface area contributed by atoms with Crippen molar-refractivity contribution in [3.05, 3.63) is 35.4 Å². The van der Waals surface area contributed by atoms with Gasteiger partial charge in [0.2, 0.25) is 0 Å². The van der Waals surface area contributed by atoms with E-state index in [1.807, 2.05) is 0 Å². The Hall–Kier alpha value is -0.820. The molecule has 17 heavy (non-hydrogen) atoms. The maximum Gasteiger partial charge on any atom is 0.00387 e. The summed E-state index contributed by atoms with van der Waals surface area (Å²) in [5, 5.41) is 3.46. The molecule has 1 rings (SSSR count). The zero-order chi connectivity index (χ0) is 12.7. The zero-order valence-electron chi connectivity index (χ0n) is 11.8. The minimum atomic E-state index is 0.637. The lowest BCUT2D eigenvalue weighted by Gasteiger charge is -2.12. The highest BCUT2D eigenvalue weighted by Gasteiger charge is 2.01. The molecule has 0 aliphatic rings. The van der Waals surface area contributed by atoms with Crippen molar-refractivity contribution in [1.82, 2.24) is 5.32 Å². The molecule has 1 heteroatoms. The summed E-state index contributed by atoms with van der Waals surface area (Å²) in [4.78, 5) is 0. The molecule has 96 valence electrons. The maximum absolute atomic E-state index is 3.46. The Morgan fingerprint density at radius 1 is 1.06 bits per heavy atom. The normalized spacial score (nSPS) is 13.0. The van der Waals surface area contributed by atoms with E-state index in [0.717, 1.165) is 6.54 Å². The Kier molecular flexibility index (Phi) is 6.28. The van der Waals surface area contributed by atoms with Crippen LogP contribution in [0.4, 0.5) is 0 Å². The average Bonchev–Trinajstić information content (AvgIpc) is 2.30. The van der Waals surface area contributed by atoms with E-state index in [1.165, 1.54) is 30.4 Å². The van der Waals surface area contributed by atoms with Crippen molar-refractivity contribution in [1.29, 1.82) is 0 Å². The molecule has 0 heterocycles. The molecule has 0 saturated carbocycles. The van der Waals surface area contributed by atoms with Crippen LogP contribution in [0.2, 0.25) is 0 Å². The van der Waals surface area contributed by atoms with Crippen LogP contribution in [0.3, 0.4) is 0 Å². The Morgan fingerprint density at radius 3 is 2.24 bits per heavy atom. The molecule has 1 unspecified atom stereocenters.